The zero-order valence-corrected chi connectivity index (χ0v) is 12.1. The maximum absolute atomic E-state index is 12.0. The predicted molar refractivity (Wildman–Crippen MR) is 85.1 cm³/mol. The summed E-state index contributed by atoms with van der Waals surface area (Å²) in [5, 5.41) is 5.64. The molecule has 0 saturated heterocycles. The van der Waals surface area contributed by atoms with Gasteiger partial charge in [0.05, 0.1) is 30.6 Å². The fraction of sp³-hybridized carbons (Fsp3) is 0.125. The molecule has 22 heavy (non-hydrogen) atoms. The third kappa shape index (κ3) is 3.76. The van der Waals surface area contributed by atoms with Gasteiger partial charge >= 0.3 is 0 Å². The lowest BCUT2D eigenvalue weighted by Crippen LogP contribution is -2.24. The van der Waals surface area contributed by atoms with Crippen LogP contribution < -0.4 is 21.1 Å². The number of nitrogens with two attached hydrogens (primary N) is 1. The van der Waals surface area contributed by atoms with E-state index in [1.165, 1.54) is 0 Å². The second-order valence-electron chi connectivity index (χ2n) is 4.51. The van der Waals surface area contributed by atoms with E-state index in [2.05, 4.69) is 10.6 Å². The molecule has 0 aliphatic rings. The lowest BCUT2D eigenvalue weighted by atomic mass is 10.1. The van der Waals surface area contributed by atoms with Gasteiger partial charge in [-0.2, -0.15) is 0 Å². The van der Waals surface area contributed by atoms with Crippen molar-refractivity contribution >= 4 is 23.2 Å². The Morgan fingerprint density at radius 2 is 1.68 bits per heavy atom. The van der Waals surface area contributed by atoms with Crippen molar-refractivity contribution in [3.8, 4) is 5.75 Å². The molecule has 6 nitrogen and oxygen atoms in total. The molecule has 6 heteroatoms. The molecule has 0 heterocycles. The Morgan fingerprint density at radius 3 is 2.36 bits per heavy atom. The number of ether oxygens (including phenoxy) is 1. The predicted octanol–water partition coefficient (Wildman–Crippen LogP) is 1.84. The van der Waals surface area contributed by atoms with E-state index in [-0.39, 0.29) is 18.0 Å². The van der Waals surface area contributed by atoms with Crippen molar-refractivity contribution < 1.29 is 14.3 Å². The van der Waals surface area contributed by atoms with E-state index in [0.29, 0.717) is 17.1 Å². The van der Waals surface area contributed by atoms with Gasteiger partial charge in [-0.3, -0.25) is 9.59 Å². The van der Waals surface area contributed by atoms with Crippen LogP contribution in [0.5, 0.6) is 5.75 Å². The van der Waals surface area contributed by atoms with E-state index >= 15 is 0 Å². The number of methoxy groups -OCH3 is 1. The molecule has 114 valence electrons. The molecule has 2 rings (SSSR count). The smallest absolute Gasteiger partial charge is 0.250 e. The summed E-state index contributed by atoms with van der Waals surface area (Å²) in [5.74, 6) is -0.235. The molecule has 0 aromatic heterocycles. The highest BCUT2D eigenvalue weighted by atomic mass is 16.5. The SMILES string of the molecule is COc1ccccc1NCC(=O)Nc1ccccc1C(N)=O. The van der Waals surface area contributed by atoms with Gasteiger partial charge in [0.15, 0.2) is 0 Å². The molecule has 2 aromatic carbocycles. The fourth-order valence-electron chi connectivity index (χ4n) is 1.97. The Bertz CT molecular complexity index is 686. The maximum atomic E-state index is 12.0. The van der Waals surface area contributed by atoms with E-state index in [9.17, 15) is 9.59 Å². The van der Waals surface area contributed by atoms with Gasteiger partial charge in [0.25, 0.3) is 5.91 Å². The first kappa shape index (κ1) is 15.4. The second-order valence-corrected chi connectivity index (χ2v) is 4.51. The molecule has 0 aliphatic heterocycles. The van der Waals surface area contributed by atoms with Gasteiger partial charge in [0.2, 0.25) is 5.91 Å². The highest BCUT2D eigenvalue weighted by Crippen LogP contribution is 2.22. The standard InChI is InChI=1S/C16H17N3O3/c1-22-14-9-5-4-8-13(14)18-10-15(20)19-12-7-3-2-6-11(12)16(17)21/h2-9,18H,10H2,1H3,(H2,17,21)(H,19,20). The average molecular weight is 299 g/mol. The molecule has 4 N–H and O–H groups in total. The van der Waals surface area contributed by atoms with Crippen LogP contribution in [0.1, 0.15) is 10.4 Å². The van der Waals surface area contributed by atoms with Gasteiger partial charge in [0, 0.05) is 0 Å². The van der Waals surface area contributed by atoms with Crippen LogP contribution in [0.2, 0.25) is 0 Å². The minimum absolute atomic E-state index is 0.0352. The number of anilines is 2. The van der Waals surface area contributed by atoms with Gasteiger partial charge in [-0.15, -0.1) is 0 Å². The van der Waals surface area contributed by atoms with Crippen molar-refractivity contribution in [2.75, 3.05) is 24.3 Å². The zero-order chi connectivity index (χ0) is 15.9. The van der Waals surface area contributed by atoms with Crippen molar-refractivity contribution in [2.24, 2.45) is 5.73 Å². The van der Waals surface area contributed by atoms with Gasteiger partial charge in [-0.1, -0.05) is 24.3 Å². The quantitative estimate of drug-likeness (QED) is 0.758. The Labute approximate surface area is 128 Å². The van der Waals surface area contributed by atoms with Gasteiger partial charge in [-0.25, -0.2) is 0 Å². The third-order valence-corrected chi connectivity index (χ3v) is 3.01. The first-order valence-electron chi connectivity index (χ1n) is 6.67. The van der Waals surface area contributed by atoms with Crippen LogP contribution in [-0.2, 0) is 4.79 Å². The monoisotopic (exact) mass is 299 g/mol. The summed E-state index contributed by atoms with van der Waals surface area (Å²) >= 11 is 0. The summed E-state index contributed by atoms with van der Waals surface area (Å²) in [7, 11) is 1.56. The number of para-hydroxylation sites is 3. The van der Waals surface area contributed by atoms with Gasteiger partial charge in [0.1, 0.15) is 5.75 Å². The normalized spacial score (nSPS) is 9.86. The number of carbonyl (C=O) groups excluding carboxylic acids is 2. The van der Waals surface area contributed by atoms with Gasteiger partial charge < -0.3 is 21.1 Å². The zero-order valence-electron chi connectivity index (χ0n) is 12.1. The molecule has 0 saturated carbocycles. The van der Waals surface area contributed by atoms with E-state index in [1.807, 2.05) is 18.2 Å². The molecule has 0 bridgehead atoms. The molecule has 2 amide bonds. The summed E-state index contributed by atoms with van der Waals surface area (Å²) in [6, 6.07) is 13.9. The Kier molecular flexibility index (Phi) is 4.98. The summed E-state index contributed by atoms with van der Waals surface area (Å²) in [6.07, 6.45) is 0. The third-order valence-electron chi connectivity index (χ3n) is 3.01. The molecule has 0 aliphatic carbocycles. The van der Waals surface area contributed by atoms with Crippen molar-refractivity contribution in [3.05, 3.63) is 54.1 Å². The van der Waals surface area contributed by atoms with Gasteiger partial charge in [-0.05, 0) is 24.3 Å². The number of hydrogen-bond acceptors (Lipinski definition) is 4. The van der Waals surface area contributed by atoms with E-state index < -0.39 is 5.91 Å². The molecular weight excluding hydrogens is 282 g/mol. The maximum Gasteiger partial charge on any atom is 0.250 e. The summed E-state index contributed by atoms with van der Waals surface area (Å²) in [4.78, 5) is 23.3. The van der Waals surface area contributed by atoms with Crippen LogP contribution in [0, 0.1) is 0 Å². The highest BCUT2D eigenvalue weighted by Gasteiger charge is 2.10. The van der Waals surface area contributed by atoms with Crippen molar-refractivity contribution in [3.63, 3.8) is 0 Å². The molecule has 0 fully saturated rings. The largest absolute Gasteiger partial charge is 0.495 e. The lowest BCUT2D eigenvalue weighted by molar-refractivity contribution is -0.114. The topological polar surface area (TPSA) is 93.4 Å². The minimum atomic E-state index is -0.589. The molecule has 0 spiro atoms. The highest BCUT2D eigenvalue weighted by molar-refractivity contribution is 6.03. The Balaban J connectivity index is 2.01. The molecular formula is C16H17N3O3. The van der Waals surface area contributed by atoms with Crippen LogP contribution in [-0.4, -0.2) is 25.5 Å². The fourth-order valence-corrected chi connectivity index (χ4v) is 1.97. The number of nitrogens with one attached hydrogen (secondary N) is 2. The van der Waals surface area contributed by atoms with Crippen LogP contribution >= 0.6 is 0 Å². The Morgan fingerprint density at radius 1 is 1.05 bits per heavy atom. The van der Waals surface area contributed by atoms with Crippen molar-refractivity contribution in [1.29, 1.82) is 0 Å². The second kappa shape index (κ2) is 7.12. The average Bonchev–Trinajstić information content (AvgIpc) is 2.53. The Hall–Kier alpha value is -3.02. The molecule has 0 atom stereocenters. The number of benzene rings is 2. The first-order valence-corrected chi connectivity index (χ1v) is 6.67. The summed E-state index contributed by atoms with van der Waals surface area (Å²) in [5.41, 5.74) is 6.64. The number of hydrogen-bond donors (Lipinski definition) is 3. The van der Waals surface area contributed by atoms with E-state index in [0.717, 1.165) is 0 Å². The van der Waals surface area contributed by atoms with Crippen molar-refractivity contribution in [1.82, 2.24) is 0 Å². The number of rotatable bonds is 6. The van der Waals surface area contributed by atoms with Crippen LogP contribution in [0.25, 0.3) is 0 Å². The number of carbonyl (C=O) groups is 2. The molecule has 2 aromatic rings. The number of amides is 2. The lowest BCUT2D eigenvalue weighted by Gasteiger charge is -2.12. The summed E-state index contributed by atoms with van der Waals surface area (Å²) < 4.78 is 5.19. The van der Waals surface area contributed by atoms with E-state index in [4.69, 9.17) is 10.5 Å². The van der Waals surface area contributed by atoms with Crippen LogP contribution in [0.15, 0.2) is 48.5 Å². The number of primary amides is 1. The summed E-state index contributed by atoms with van der Waals surface area (Å²) in [6.45, 7) is 0.0352. The van der Waals surface area contributed by atoms with Crippen LogP contribution in [0.4, 0.5) is 11.4 Å². The minimum Gasteiger partial charge on any atom is -0.495 e. The van der Waals surface area contributed by atoms with Crippen molar-refractivity contribution in [2.45, 2.75) is 0 Å². The molecule has 0 radical (unpaired) electrons. The first-order chi connectivity index (χ1) is 10.6. The van der Waals surface area contributed by atoms with E-state index in [1.54, 1.807) is 37.4 Å². The molecule has 0 unspecified atom stereocenters. The van der Waals surface area contributed by atoms with Crippen LogP contribution in [0.3, 0.4) is 0 Å².